The minimum atomic E-state index is -2.40. The molecular formula is C8H4BrF2NS. The number of hydrogen-bond acceptors (Lipinski definition) is 2. The number of rotatable bonds is 1. The van der Waals surface area contributed by atoms with Crippen molar-refractivity contribution in [2.45, 2.75) is 6.43 Å². The lowest BCUT2D eigenvalue weighted by Gasteiger charge is -1.89. The number of aromatic nitrogens is 1. The highest BCUT2D eigenvalue weighted by Crippen LogP contribution is 2.35. The molecule has 2 aromatic rings. The number of alkyl halides is 2. The molecule has 0 aromatic carbocycles. The first-order valence-corrected chi connectivity index (χ1v) is 5.10. The number of pyridine rings is 1. The third kappa shape index (κ3) is 1.58. The van der Waals surface area contributed by atoms with Gasteiger partial charge in [-0.25, -0.2) is 8.78 Å². The monoisotopic (exact) mass is 263 g/mol. The first-order valence-electron chi connectivity index (χ1n) is 3.49. The van der Waals surface area contributed by atoms with Crippen LogP contribution in [0.4, 0.5) is 8.78 Å². The van der Waals surface area contributed by atoms with Crippen molar-refractivity contribution in [1.82, 2.24) is 4.98 Å². The summed E-state index contributed by atoms with van der Waals surface area (Å²) in [5.41, 5.74) is 0. The van der Waals surface area contributed by atoms with E-state index >= 15 is 0 Å². The molecule has 1 nitrogen and oxygen atoms in total. The molecule has 5 heteroatoms. The van der Waals surface area contributed by atoms with Gasteiger partial charge < -0.3 is 0 Å². The van der Waals surface area contributed by atoms with E-state index in [2.05, 4.69) is 20.9 Å². The van der Waals surface area contributed by atoms with Crippen LogP contribution in [0.3, 0.4) is 0 Å². The Bertz CT molecular complexity index is 441. The fourth-order valence-electron chi connectivity index (χ4n) is 1.05. The zero-order valence-corrected chi connectivity index (χ0v) is 8.70. The van der Waals surface area contributed by atoms with Crippen LogP contribution in [0.5, 0.6) is 0 Å². The van der Waals surface area contributed by atoms with E-state index in [0.29, 0.717) is 0 Å². The van der Waals surface area contributed by atoms with E-state index in [1.807, 2.05) is 0 Å². The summed E-state index contributed by atoms with van der Waals surface area (Å²) < 4.78 is 26.2. The first kappa shape index (κ1) is 9.02. The van der Waals surface area contributed by atoms with Gasteiger partial charge in [0.1, 0.15) is 0 Å². The second kappa shape index (κ2) is 3.31. The maximum absolute atomic E-state index is 12.3. The molecule has 0 aliphatic carbocycles. The summed E-state index contributed by atoms with van der Waals surface area (Å²) in [7, 11) is 0. The number of fused-ring (bicyclic) bond motifs is 1. The van der Waals surface area contributed by atoms with Gasteiger partial charge in [-0.05, 0) is 22.0 Å². The standard InChI is InChI=1S/C8H4BrF2NS/c9-5-2-12-3-7-4(5)1-6(13-7)8(10)11/h1-3,8H. The summed E-state index contributed by atoms with van der Waals surface area (Å²) in [6.45, 7) is 0. The van der Waals surface area contributed by atoms with Crippen LogP contribution in [0, 0.1) is 0 Å². The van der Waals surface area contributed by atoms with Crippen LogP contribution in [0.15, 0.2) is 22.9 Å². The highest BCUT2D eigenvalue weighted by atomic mass is 79.9. The van der Waals surface area contributed by atoms with Gasteiger partial charge >= 0.3 is 0 Å². The Labute approximate surface area is 85.5 Å². The van der Waals surface area contributed by atoms with Crippen molar-refractivity contribution in [2.24, 2.45) is 0 Å². The lowest BCUT2D eigenvalue weighted by Crippen LogP contribution is -1.73. The summed E-state index contributed by atoms with van der Waals surface area (Å²) in [4.78, 5) is 3.99. The first-order chi connectivity index (χ1) is 6.18. The summed E-state index contributed by atoms with van der Waals surface area (Å²) >= 11 is 4.34. The molecule has 0 bridgehead atoms. The van der Waals surface area contributed by atoms with E-state index in [1.165, 1.54) is 6.07 Å². The molecule has 0 fully saturated rings. The highest BCUT2D eigenvalue weighted by molar-refractivity contribution is 9.10. The second-order valence-corrected chi connectivity index (χ2v) is 4.45. The van der Waals surface area contributed by atoms with Crippen molar-refractivity contribution >= 4 is 37.4 Å². The molecule has 2 rings (SSSR count). The molecule has 0 saturated carbocycles. The van der Waals surface area contributed by atoms with Crippen molar-refractivity contribution in [3.63, 3.8) is 0 Å². The van der Waals surface area contributed by atoms with Gasteiger partial charge in [-0.2, -0.15) is 0 Å². The van der Waals surface area contributed by atoms with Crippen molar-refractivity contribution in [3.05, 3.63) is 27.8 Å². The van der Waals surface area contributed by atoms with Crippen LogP contribution >= 0.6 is 27.3 Å². The van der Waals surface area contributed by atoms with E-state index in [-0.39, 0.29) is 4.88 Å². The Morgan fingerprint density at radius 3 is 2.77 bits per heavy atom. The number of thiophene rings is 1. The van der Waals surface area contributed by atoms with Crippen LogP contribution in [0.25, 0.3) is 10.1 Å². The summed E-state index contributed by atoms with van der Waals surface area (Å²) in [6, 6.07) is 1.50. The fourth-order valence-corrected chi connectivity index (χ4v) is 2.54. The molecule has 0 atom stereocenters. The summed E-state index contributed by atoms with van der Waals surface area (Å²) in [6.07, 6.45) is 0.797. The lowest BCUT2D eigenvalue weighted by atomic mass is 10.3. The quantitative estimate of drug-likeness (QED) is 0.758. The van der Waals surface area contributed by atoms with Crippen LogP contribution in [-0.4, -0.2) is 4.98 Å². The Morgan fingerprint density at radius 1 is 1.38 bits per heavy atom. The zero-order valence-electron chi connectivity index (χ0n) is 6.30. The maximum Gasteiger partial charge on any atom is 0.272 e. The van der Waals surface area contributed by atoms with Gasteiger partial charge in [0.05, 0.1) is 9.58 Å². The Morgan fingerprint density at radius 2 is 2.15 bits per heavy atom. The van der Waals surface area contributed by atoms with Gasteiger partial charge in [-0.1, -0.05) is 0 Å². The lowest BCUT2D eigenvalue weighted by molar-refractivity contribution is 0.156. The van der Waals surface area contributed by atoms with E-state index in [4.69, 9.17) is 0 Å². The van der Waals surface area contributed by atoms with E-state index in [0.717, 1.165) is 25.9 Å². The molecule has 13 heavy (non-hydrogen) atoms. The largest absolute Gasteiger partial charge is 0.272 e. The van der Waals surface area contributed by atoms with Gasteiger partial charge in [0.2, 0.25) is 0 Å². The molecule has 2 aromatic heterocycles. The van der Waals surface area contributed by atoms with E-state index < -0.39 is 6.43 Å². The van der Waals surface area contributed by atoms with Gasteiger partial charge in [0.25, 0.3) is 6.43 Å². The molecular weight excluding hydrogens is 260 g/mol. The molecule has 0 aliphatic rings. The highest BCUT2D eigenvalue weighted by Gasteiger charge is 2.12. The third-order valence-corrected chi connectivity index (χ3v) is 3.34. The fraction of sp³-hybridized carbons (Fsp3) is 0.125. The molecule has 0 amide bonds. The van der Waals surface area contributed by atoms with Crippen LogP contribution < -0.4 is 0 Å². The summed E-state index contributed by atoms with van der Waals surface area (Å²) in [5, 5.41) is 0.801. The van der Waals surface area contributed by atoms with E-state index in [1.54, 1.807) is 12.4 Å². The molecule has 0 aliphatic heterocycles. The van der Waals surface area contributed by atoms with Crippen LogP contribution in [0.1, 0.15) is 11.3 Å². The van der Waals surface area contributed by atoms with Crippen molar-refractivity contribution in [2.75, 3.05) is 0 Å². The normalized spacial score (nSPS) is 11.4. The Balaban J connectivity index is 2.68. The van der Waals surface area contributed by atoms with Gasteiger partial charge in [-0.3, -0.25) is 4.98 Å². The minimum absolute atomic E-state index is 0.0868. The molecule has 0 saturated heterocycles. The van der Waals surface area contributed by atoms with Crippen molar-refractivity contribution < 1.29 is 8.78 Å². The van der Waals surface area contributed by atoms with Gasteiger partial charge in [0.15, 0.2) is 0 Å². The third-order valence-electron chi connectivity index (χ3n) is 1.63. The molecule has 2 heterocycles. The van der Waals surface area contributed by atoms with Crippen molar-refractivity contribution in [3.8, 4) is 0 Å². The topological polar surface area (TPSA) is 12.9 Å². The average molecular weight is 264 g/mol. The van der Waals surface area contributed by atoms with Gasteiger partial charge in [-0.15, -0.1) is 11.3 Å². The molecule has 0 spiro atoms. The second-order valence-electron chi connectivity index (χ2n) is 2.48. The maximum atomic E-state index is 12.3. The molecule has 0 N–H and O–H groups in total. The van der Waals surface area contributed by atoms with Crippen LogP contribution in [-0.2, 0) is 0 Å². The van der Waals surface area contributed by atoms with E-state index in [9.17, 15) is 8.78 Å². The minimum Gasteiger partial charge on any atom is -0.262 e. The predicted molar refractivity (Wildman–Crippen MR) is 52.3 cm³/mol. The average Bonchev–Trinajstić information content (AvgIpc) is 2.49. The van der Waals surface area contributed by atoms with Crippen molar-refractivity contribution in [1.29, 1.82) is 0 Å². The number of hydrogen-bond donors (Lipinski definition) is 0. The molecule has 0 radical (unpaired) electrons. The smallest absolute Gasteiger partial charge is 0.262 e. The zero-order chi connectivity index (χ0) is 9.42. The van der Waals surface area contributed by atoms with Crippen LogP contribution in [0.2, 0.25) is 0 Å². The predicted octanol–water partition coefficient (Wildman–Crippen LogP) is 4.00. The number of halogens is 3. The SMILES string of the molecule is FC(F)c1cc2c(Br)cncc2s1. The Kier molecular flexibility index (Phi) is 2.29. The summed E-state index contributed by atoms with van der Waals surface area (Å²) in [5.74, 6) is 0. The van der Waals surface area contributed by atoms with Gasteiger partial charge in [0, 0.05) is 22.3 Å². The molecule has 68 valence electrons. The molecule has 0 unspecified atom stereocenters. The number of nitrogens with zero attached hydrogens (tertiary/aromatic N) is 1. The Hall–Kier alpha value is -0.550.